The fourth-order valence-electron chi connectivity index (χ4n) is 5.59. The number of benzene rings is 1. The molecular formula is C36H59N3O7. The second-order valence-electron chi connectivity index (χ2n) is 13.1. The maximum absolute atomic E-state index is 13.6. The van der Waals surface area contributed by atoms with Gasteiger partial charge in [0.05, 0.1) is 25.2 Å². The number of carbonyl (C=O) groups is 4. The smallest absolute Gasteiger partial charge is 0.331 e. The molecule has 4 N–H and O–H groups in total. The van der Waals surface area contributed by atoms with E-state index < -0.39 is 59.9 Å². The molecule has 2 rings (SSSR count). The molecular weight excluding hydrogens is 586 g/mol. The molecule has 1 aliphatic rings. The molecule has 0 saturated carbocycles. The van der Waals surface area contributed by atoms with Crippen LogP contribution >= 0.6 is 0 Å². The Labute approximate surface area is 276 Å². The fraction of sp³-hybridized carbons (Fsp3) is 0.722. The Balaban J connectivity index is 2.16. The Morgan fingerprint density at radius 2 is 1.30 bits per heavy atom. The number of amides is 3. The topological polar surface area (TPSA) is 143 Å². The van der Waals surface area contributed by atoms with Gasteiger partial charge in [-0.05, 0) is 31.2 Å². The van der Waals surface area contributed by atoms with Crippen molar-refractivity contribution in [2.45, 2.75) is 149 Å². The summed E-state index contributed by atoms with van der Waals surface area (Å²) >= 11 is 0. The summed E-state index contributed by atoms with van der Waals surface area (Å²) < 4.78 is 11.8. The van der Waals surface area contributed by atoms with Crippen LogP contribution in [0.3, 0.4) is 0 Å². The van der Waals surface area contributed by atoms with Gasteiger partial charge >= 0.3 is 5.97 Å². The summed E-state index contributed by atoms with van der Waals surface area (Å²) in [5.74, 6) is -3.54. The van der Waals surface area contributed by atoms with Crippen molar-refractivity contribution in [3.8, 4) is 0 Å². The molecule has 1 saturated heterocycles. The first-order valence-corrected chi connectivity index (χ1v) is 17.5. The van der Waals surface area contributed by atoms with E-state index in [9.17, 15) is 24.3 Å². The van der Waals surface area contributed by atoms with Crippen molar-refractivity contribution in [3.05, 3.63) is 35.9 Å². The SMILES string of the molecule is CCCCCCCCCCCCCC1OC(=O)C(COCc2ccccc2)NC(=O)C([C@@H](C)O)NC(=O)[C@H](C(C)C)NC(=O)[C@@H]1C. The van der Waals surface area contributed by atoms with Crippen molar-refractivity contribution in [2.75, 3.05) is 6.61 Å². The number of unbranched alkanes of at least 4 members (excludes halogenated alkanes) is 10. The molecule has 1 fully saturated rings. The Bertz CT molecular complexity index is 1050. The average molecular weight is 646 g/mol. The van der Waals surface area contributed by atoms with Crippen LogP contribution in [0.1, 0.15) is 117 Å². The molecule has 46 heavy (non-hydrogen) atoms. The van der Waals surface area contributed by atoms with E-state index in [0.29, 0.717) is 6.42 Å². The second-order valence-corrected chi connectivity index (χ2v) is 13.1. The first kappa shape index (κ1) is 39.2. The molecule has 3 amide bonds. The van der Waals surface area contributed by atoms with E-state index in [1.54, 1.807) is 20.8 Å². The van der Waals surface area contributed by atoms with Gasteiger partial charge < -0.3 is 30.5 Å². The molecule has 3 unspecified atom stereocenters. The molecule has 0 radical (unpaired) electrons. The molecule has 10 nitrogen and oxygen atoms in total. The van der Waals surface area contributed by atoms with Gasteiger partial charge in [-0.3, -0.25) is 14.4 Å². The molecule has 0 aliphatic carbocycles. The lowest BCUT2D eigenvalue weighted by Crippen LogP contribution is -2.60. The number of rotatable bonds is 18. The van der Waals surface area contributed by atoms with Crippen LogP contribution in [0.4, 0.5) is 0 Å². The summed E-state index contributed by atoms with van der Waals surface area (Å²) in [7, 11) is 0. The van der Waals surface area contributed by atoms with Crippen LogP contribution < -0.4 is 16.0 Å². The largest absolute Gasteiger partial charge is 0.460 e. The molecule has 1 heterocycles. The van der Waals surface area contributed by atoms with Gasteiger partial charge in [-0.15, -0.1) is 0 Å². The second kappa shape index (κ2) is 21.7. The molecule has 6 atom stereocenters. The summed E-state index contributed by atoms with van der Waals surface area (Å²) in [4.78, 5) is 53.6. The third kappa shape index (κ3) is 14.2. The summed E-state index contributed by atoms with van der Waals surface area (Å²) in [6.07, 6.45) is 11.3. The third-order valence-electron chi connectivity index (χ3n) is 8.64. The highest BCUT2D eigenvalue weighted by Crippen LogP contribution is 2.20. The predicted molar refractivity (Wildman–Crippen MR) is 179 cm³/mol. The van der Waals surface area contributed by atoms with Gasteiger partial charge in [0.15, 0.2) is 6.04 Å². The summed E-state index contributed by atoms with van der Waals surface area (Å²) in [5.41, 5.74) is 0.889. The molecule has 10 heteroatoms. The average Bonchev–Trinajstić information content (AvgIpc) is 3.03. The number of hydrogen-bond acceptors (Lipinski definition) is 7. The van der Waals surface area contributed by atoms with Gasteiger partial charge in [0.25, 0.3) is 0 Å². The Morgan fingerprint density at radius 1 is 0.761 bits per heavy atom. The first-order valence-electron chi connectivity index (χ1n) is 17.5. The van der Waals surface area contributed by atoms with E-state index in [1.165, 1.54) is 51.9 Å². The zero-order valence-corrected chi connectivity index (χ0v) is 28.7. The van der Waals surface area contributed by atoms with E-state index in [4.69, 9.17) is 9.47 Å². The highest BCUT2D eigenvalue weighted by Gasteiger charge is 2.37. The number of aliphatic hydroxyl groups is 1. The maximum atomic E-state index is 13.6. The number of cyclic esters (lactones) is 1. The van der Waals surface area contributed by atoms with Crippen molar-refractivity contribution in [2.24, 2.45) is 11.8 Å². The van der Waals surface area contributed by atoms with Gasteiger partial charge in [-0.1, -0.05) is 122 Å². The summed E-state index contributed by atoms with van der Waals surface area (Å²) in [6.45, 7) is 8.87. The normalized spacial score (nSPS) is 23.8. The Morgan fingerprint density at radius 3 is 1.87 bits per heavy atom. The quantitative estimate of drug-likeness (QED) is 0.131. The van der Waals surface area contributed by atoms with Crippen molar-refractivity contribution in [1.29, 1.82) is 0 Å². The zero-order chi connectivity index (χ0) is 33.9. The van der Waals surface area contributed by atoms with Crippen molar-refractivity contribution >= 4 is 23.7 Å². The van der Waals surface area contributed by atoms with E-state index in [-0.39, 0.29) is 19.1 Å². The van der Waals surface area contributed by atoms with Crippen LogP contribution in [-0.2, 0) is 35.3 Å². The highest BCUT2D eigenvalue weighted by atomic mass is 16.5. The number of aliphatic hydroxyl groups excluding tert-OH is 1. The monoisotopic (exact) mass is 645 g/mol. The number of nitrogens with one attached hydrogen (secondary N) is 3. The van der Waals surface area contributed by atoms with E-state index in [1.807, 2.05) is 30.3 Å². The van der Waals surface area contributed by atoms with Crippen molar-refractivity contribution in [3.63, 3.8) is 0 Å². The third-order valence-corrected chi connectivity index (χ3v) is 8.64. The maximum Gasteiger partial charge on any atom is 0.331 e. The minimum absolute atomic E-state index is 0.194. The van der Waals surface area contributed by atoms with Crippen LogP contribution in [0.5, 0.6) is 0 Å². The van der Waals surface area contributed by atoms with Crippen LogP contribution in [0.15, 0.2) is 30.3 Å². The first-order chi connectivity index (χ1) is 22.0. The Kier molecular flexibility index (Phi) is 18.5. The van der Waals surface area contributed by atoms with Gasteiger partial charge in [0.2, 0.25) is 17.7 Å². The minimum Gasteiger partial charge on any atom is -0.460 e. The molecule has 260 valence electrons. The van der Waals surface area contributed by atoms with Crippen LogP contribution in [0.25, 0.3) is 0 Å². The number of esters is 1. The molecule has 0 spiro atoms. The van der Waals surface area contributed by atoms with Crippen molar-refractivity contribution in [1.82, 2.24) is 16.0 Å². The van der Waals surface area contributed by atoms with E-state index in [0.717, 1.165) is 31.2 Å². The van der Waals surface area contributed by atoms with Gasteiger partial charge in [-0.2, -0.15) is 0 Å². The standard InChI is InChI=1S/C36H59N3O7/c1-6-7-8-9-10-11-12-13-14-15-19-22-30-26(4)33(41)38-31(25(2)3)34(42)39-32(27(5)40)35(43)37-29(36(44)46-30)24-45-23-28-20-17-16-18-21-28/h16-18,20-21,25-27,29-32,40H,6-15,19,22-24H2,1-5H3,(H,37,43)(H,38,41)(H,39,42)/t26-,27-,29?,30?,31+,32?/m1/s1. The fourth-order valence-corrected chi connectivity index (χ4v) is 5.59. The van der Waals surface area contributed by atoms with Crippen LogP contribution in [-0.4, -0.2) is 65.7 Å². The lowest BCUT2D eigenvalue weighted by Gasteiger charge is -2.28. The predicted octanol–water partition coefficient (Wildman–Crippen LogP) is 4.96. The van der Waals surface area contributed by atoms with Gasteiger partial charge in [-0.25, -0.2) is 4.79 Å². The number of carbonyl (C=O) groups excluding carboxylic acids is 4. The summed E-state index contributed by atoms with van der Waals surface area (Å²) in [5, 5.41) is 18.4. The zero-order valence-electron chi connectivity index (χ0n) is 28.7. The molecule has 0 aromatic heterocycles. The minimum atomic E-state index is -1.36. The number of ether oxygens (including phenoxy) is 2. The van der Waals surface area contributed by atoms with E-state index >= 15 is 0 Å². The van der Waals surface area contributed by atoms with Crippen LogP contribution in [0.2, 0.25) is 0 Å². The highest BCUT2D eigenvalue weighted by molar-refractivity contribution is 5.94. The number of hydrogen-bond donors (Lipinski definition) is 4. The van der Waals surface area contributed by atoms with Crippen LogP contribution in [0, 0.1) is 11.8 Å². The molecule has 0 bridgehead atoms. The molecule has 1 aromatic carbocycles. The molecule has 1 aliphatic heterocycles. The Hall–Kier alpha value is -2.98. The van der Waals surface area contributed by atoms with Crippen molar-refractivity contribution < 1.29 is 33.8 Å². The van der Waals surface area contributed by atoms with E-state index in [2.05, 4.69) is 22.9 Å². The van der Waals surface area contributed by atoms with Gasteiger partial charge in [0.1, 0.15) is 18.2 Å². The summed E-state index contributed by atoms with van der Waals surface area (Å²) in [6, 6.07) is 5.88. The lowest BCUT2D eigenvalue weighted by atomic mass is 9.95. The molecule has 1 aromatic rings. The van der Waals surface area contributed by atoms with Gasteiger partial charge in [0, 0.05) is 0 Å². The lowest BCUT2D eigenvalue weighted by molar-refractivity contribution is -0.159.